The Morgan fingerprint density at radius 3 is 2.75 bits per heavy atom. The number of aromatic hydroxyl groups is 1. The average Bonchev–Trinajstić information content (AvgIpc) is 3.62. The number of halogens is 3. The number of thioether (sulfide) groups is 1. The highest BCUT2D eigenvalue weighted by Crippen LogP contribution is 2.44. The van der Waals surface area contributed by atoms with Crippen LogP contribution in [0.4, 0.5) is 19.0 Å². The molecule has 4 aliphatic rings. The minimum Gasteiger partial charge on any atom is -0.508 e. The van der Waals surface area contributed by atoms with E-state index in [0.717, 1.165) is 43.7 Å². The number of rotatable bonds is 6. The Morgan fingerprint density at radius 2 is 1.95 bits per heavy atom. The van der Waals surface area contributed by atoms with E-state index in [-0.39, 0.29) is 41.7 Å². The van der Waals surface area contributed by atoms with E-state index in [2.05, 4.69) is 19.8 Å². The van der Waals surface area contributed by atoms with Crippen LogP contribution in [0.5, 0.6) is 11.8 Å². The average molecular weight is 622 g/mol. The van der Waals surface area contributed by atoms with Crippen LogP contribution in [0.1, 0.15) is 44.6 Å². The fourth-order valence-corrected chi connectivity index (χ4v) is 9.46. The Kier molecular flexibility index (Phi) is 6.82. The first kappa shape index (κ1) is 28.2. The van der Waals surface area contributed by atoms with Crippen molar-refractivity contribution in [3.8, 4) is 23.0 Å². The van der Waals surface area contributed by atoms with Gasteiger partial charge in [0, 0.05) is 48.3 Å². The van der Waals surface area contributed by atoms with Gasteiger partial charge in [-0.05, 0) is 73.2 Å². The van der Waals surface area contributed by atoms with Crippen molar-refractivity contribution in [2.75, 3.05) is 36.1 Å². The van der Waals surface area contributed by atoms with Crippen molar-refractivity contribution in [1.82, 2.24) is 19.9 Å². The van der Waals surface area contributed by atoms with Crippen molar-refractivity contribution in [2.24, 2.45) is 0 Å². The summed E-state index contributed by atoms with van der Waals surface area (Å²) in [5.74, 6) is 1.38. The Bertz CT molecular complexity index is 1780. The van der Waals surface area contributed by atoms with Gasteiger partial charge in [-0.3, -0.25) is 9.88 Å². The highest BCUT2D eigenvalue weighted by Gasteiger charge is 2.49. The number of alkyl halides is 1. The summed E-state index contributed by atoms with van der Waals surface area (Å²) in [5.41, 5.74) is 0.365. The van der Waals surface area contributed by atoms with E-state index in [1.165, 1.54) is 12.1 Å². The second-order valence-electron chi connectivity index (χ2n) is 12.7. The van der Waals surface area contributed by atoms with Crippen molar-refractivity contribution in [2.45, 2.75) is 69.2 Å². The normalized spacial score (nSPS) is 26.6. The second-order valence-corrected chi connectivity index (χ2v) is 13.8. The van der Waals surface area contributed by atoms with Gasteiger partial charge in [-0.15, -0.1) is 0 Å². The number of fused-ring (bicyclic) bond motifs is 5. The molecule has 0 spiro atoms. The number of aryl methyl sites for hydroxylation is 1. The molecule has 2 aromatic carbocycles. The van der Waals surface area contributed by atoms with Gasteiger partial charge < -0.3 is 14.7 Å². The molecule has 4 aromatic rings. The molecule has 4 atom stereocenters. The molecule has 2 bridgehead atoms. The van der Waals surface area contributed by atoms with Crippen LogP contribution in [-0.4, -0.2) is 80.0 Å². The topological polar surface area (TPSA) is 74.6 Å². The number of anilines is 1. The van der Waals surface area contributed by atoms with Crippen LogP contribution in [-0.2, 0) is 6.42 Å². The van der Waals surface area contributed by atoms with Crippen LogP contribution in [0, 0.1) is 11.6 Å². The molecule has 0 aliphatic carbocycles. The molecule has 4 fully saturated rings. The minimum atomic E-state index is -0.894. The smallest absolute Gasteiger partial charge is 0.319 e. The first-order valence-electron chi connectivity index (χ1n) is 15.5. The summed E-state index contributed by atoms with van der Waals surface area (Å²) >= 11 is 1.93. The third kappa shape index (κ3) is 4.41. The number of nitrogens with zero attached hydrogens (tertiary/aromatic N) is 5. The SMILES string of the molecule is CCc1c(F)ccc2cc(O)cc(-c3ncc4c(N5C6CCC5CSC6)nc(OC[C@@]56CCCN5C[C@H](F)C6)nc4c3F)c12. The monoisotopic (exact) mass is 621 g/mol. The first-order chi connectivity index (χ1) is 21.3. The molecule has 11 heteroatoms. The van der Waals surface area contributed by atoms with E-state index >= 15 is 4.39 Å². The third-order valence-corrected chi connectivity index (χ3v) is 11.4. The fourth-order valence-electron chi connectivity index (χ4n) is 8.13. The lowest BCUT2D eigenvalue weighted by molar-refractivity contribution is 0.107. The van der Waals surface area contributed by atoms with Gasteiger partial charge in [0.2, 0.25) is 0 Å². The van der Waals surface area contributed by atoms with Gasteiger partial charge in [-0.2, -0.15) is 21.7 Å². The highest BCUT2D eigenvalue weighted by atomic mass is 32.2. The van der Waals surface area contributed by atoms with E-state index in [1.54, 1.807) is 18.3 Å². The maximum absolute atomic E-state index is 16.8. The third-order valence-electron chi connectivity index (χ3n) is 10.1. The number of hydrogen-bond donors (Lipinski definition) is 1. The minimum absolute atomic E-state index is 0.0249. The summed E-state index contributed by atoms with van der Waals surface area (Å²) in [6, 6.07) is 6.52. The summed E-state index contributed by atoms with van der Waals surface area (Å²) in [6.45, 7) is 3.32. The predicted octanol–water partition coefficient (Wildman–Crippen LogP) is 6.43. The van der Waals surface area contributed by atoms with Crippen molar-refractivity contribution in [3.05, 3.63) is 47.7 Å². The van der Waals surface area contributed by atoms with E-state index in [0.29, 0.717) is 52.5 Å². The van der Waals surface area contributed by atoms with Gasteiger partial charge in [0.05, 0.1) is 10.9 Å². The van der Waals surface area contributed by atoms with Crippen molar-refractivity contribution >= 4 is 39.3 Å². The number of ether oxygens (including phenoxy) is 1. The maximum atomic E-state index is 16.8. The number of phenolic OH excluding ortho intramolecular Hbond substituents is 1. The molecule has 0 saturated carbocycles. The summed E-state index contributed by atoms with van der Waals surface area (Å²) < 4.78 is 52.5. The van der Waals surface area contributed by atoms with Crippen molar-refractivity contribution < 1.29 is 23.0 Å². The molecular weight excluding hydrogens is 587 g/mol. The van der Waals surface area contributed by atoms with Crippen LogP contribution in [0.15, 0.2) is 30.5 Å². The van der Waals surface area contributed by atoms with Gasteiger partial charge >= 0.3 is 6.01 Å². The molecule has 0 amide bonds. The van der Waals surface area contributed by atoms with Crippen LogP contribution < -0.4 is 9.64 Å². The Hall–Kier alpha value is -3.31. The summed E-state index contributed by atoms with van der Waals surface area (Å²) in [4.78, 5) is 18.5. The lowest BCUT2D eigenvalue weighted by atomic mass is 9.94. The molecular formula is C33H34F3N5O2S. The van der Waals surface area contributed by atoms with Crippen molar-refractivity contribution in [3.63, 3.8) is 0 Å². The predicted molar refractivity (Wildman–Crippen MR) is 166 cm³/mol. The molecule has 44 heavy (non-hydrogen) atoms. The molecule has 230 valence electrons. The van der Waals surface area contributed by atoms with Gasteiger partial charge in [0.15, 0.2) is 5.82 Å². The van der Waals surface area contributed by atoms with Crippen LogP contribution in [0.3, 0.4) is 0 Å². The quantitative estimate of drug-likeness (QED) is 0.264. The lowest BCUT2D eigenvalue weighted by Gasteiger charge is -2.36. The Morgan fingerprint density at radius 1 is 1.14 bits per heavy atom. The van der Waals surface area contributed by atoms with Crippen molar-refractivity contribution in [1.29, 1.82) is 0 Å². The summed E-state index contributed by atoms with van der Waals surface area (Å²) in [6.07, 6.45) is 5.37. The number of benzene rings is 2. The first-order valence-corrected chi connectivity index (χ1v) is 16.7. The van der Waals surface area contributed by atoms with Crippen LogP contribution in [0.25, 0.3) is 32.9 Å². The molecule has 4 saturated heterocycles. The molecule has 6 heterocycles. The number of phenols is 1. The van der Waals surface area contributed by atoms with E-state index in [4.69, 9.17) is 9.72 Å². The van der Waals surface area contributed by atoms with Gasteiger partial charge in [0.25, 0.3) is 0 Å². The molecule has 4 aliphatic heterocycles. The van der Waals surface area contributed by atoms with E-state index in [1.807, 2.05) is 18.7 Å². The number of aromatic nitrogens is 3. The zero-order valence-corrected chi connectivity index (χ0v) is 25.3. The Labute approximate surface area is 257 Å². The van der Waals surface area contributed by atoms with Crippen LogP contribution in [0.2, 0.25) is 0 Å². The molecule has 0 radical (unpaired) electrons. The van der Waals surface area contributed by atoms with Crippen LogP contribution >= 0.6 is 11.8 Å². The maximum Gasteiger partial charge on any atom is 0.319 e. The zero-order chi connectivity index (χ0) is 30.2. The zero-order valence-electron chi connectivity index (χ0n) is 24.5. The lowest BCUT2D eigenvalue weighted by Crippen LogP contribution is -2.44. The van der Waals surface area contributed by atoms with E-state index < -0.39 is 23.3 Å². The second kappa shape index (κ2) is 10.7. The standard InChI is InChI=1S/C33H34F3N5O2S/c1-2-23-26(35)7-4-18-10-22(42)11-24(27(18)23)29-28(36)30-25(13-37-29)31(41-20-5-6-21(41)16-44-15-20)39-32(38-30)43-17-33-8-3-9-40(33)14-19(34)12-33/h4,7,10-11,13,19-21,42H,2-3,5-6,8-9,12,14-17H2,1H3/t19-,20?,21?,33+/m1/s1. The Balaban J connectivity index is 1.29. The van der Waals surface area contributed by atoms with E-state index in [9.17, 15) is 13.9 Å². The molecule has 2 unspecified atom stereocenters. The molecule has 7 nitrogen and oxygen atoms in total. The largest absolute Gasteiger partial charge is 0.508 e. The molecule has 1 N–H and O–H groups in total. The number of hydrogen-bond acceptors (Lipinski definition) is 8. The summed E-state index contributed by atoms with van der Waals surface area (Å²) in [5, 5.41) is 12.2. The summed E-state index contributed by atoms with van der Waals surface area (Å²) in [7, 11) is 0. The molecule has 8 rings (SSSR count). The highest BCUT2D eigenvalue weighted by molar-refractivity contribution is 7.99. The van der Waals surface area contributed by atoms with Gasteiger partial charge in [-0.1, -0.05) is 13.0 Å². The fraction of sp³-hybridized carbons (Fsp3) is 0.485. The molecule has 2 aromatic heterocycles. The number of pyridine rings is 1. The van der Waals surface area contributed by atoms with Gasteiger partial charge in [-0.25, -0.2) is 13.2 Å². The van der Waals surface area contributed by atoms with Gasteiger partial charge in [0.1, 0.15) is 41.4 Å².